The summed E-state index contributed by atoms with van der Waals surface area (Å²) in [6.07, 6.45) is 2.87. The second-order valence-electron chi connectivity index (χ2n) is 4.50. The van der Waals surface area contributed by atoms with Gasteiger partial charge in [0, 0.05) is 25.4 Å². The maximum Gasteiger partial charge on any atom is 0.289 e. The molecule has 0 aromatic carbocycles. The highest BCUT2D eigenvalue weighted by Crippen LogP contribution is 2.22. The summed E-state index contributed by atoms with van der Waals surface area (Å²) >= 11 is 5.73. The van der Waals surface area contributed by atoms with Gasteiger partial charge in [0.15, 0.2) is 5.76 Å². The van der Waals surface area contributed by atoms with Crippen molar-refractivity contribution in [3.8, 4) is 0 Å². The summed E-state index contributed by atoms with van der Waals surface area (Å²) in [4.78, 5) is 14.0. The summed E-state index contributed by atoms with van der Waals surface area (Å²) in [5, 5.41) is 0. The molecule has 1 aromatic heterocycles. The van der Waals surface area contributed by atoms with Crippen molar-refractivity contribution < 1.29 is 9.21 Å². The Labute approximate surface area is 107 Å². The molecule has 0 aliphatic carbocycles. The first-order valence-corrected chi connectivity index (χ1v) is 6.72. The summed E-state index contributed by atoms with van der Waals surface area (Å²) in [5.41, 5.74) is 0. The summed E-state index contributed by atoms with van der Waals surface area (Å²) < 4.78 is 5.48. The van der Waals surface area contributed by atoms with Crippen LogP contribution in [0.5, 0.6) is 0 Å². The van der Waals surface area contributed by atoms with Crippen molar-refractivity contribution in [3.63, 3.8) is 0 Å². The maximum atomic E-state index is 12.1. The largest absolute Gasteiger partial charge is 0.456 e. The molecule has 1 amide bonds. The minimum Gasteiger partial charge on any atom is -0.456 e. The Bertz CT molecular complexity index is 389. The van der Waals surface area contributed by atoms with Crippen LogP contribution in [-0.2, 0) is 6.42 Å². The van der Waals surface area contributed by atoms with Gasteiger partial charge in [0.05, 0.1) is 0 Å². The predicted molar refractivity (Wildman–Crippen MR) is 67.4 cm³/mol. The van der Waals surface area contributed by atoms with Crippen LogP contribution in [0.15, 0.2) is 16.5 Å². The van der Waals surface area contributed by atoms with E-state index in [-0.39, 0.29) is 5.91 Å². The lowest BCUT2D eigenvalue weighted by Crippen LogP contribution is -2.28. The fourth-order valence-electron chi connectivity index (χ4n) is 2.25. The van der Waals surface area contributed by atoms with Crippen molar-refractivity contribution in [2.75, 3.05) is 19.0 Å². The molecule has 0 saturated carbocycles. The molecule has 0 radical (unpaired) electrons. The van der Waals surface area contributed by atoms with E-state index in [2.05, 4.69) is 0 Å². The third-order valence-electron chi connectivity index (χ3n) is 3.31. The molecule has 1 unspecified atom stereocenters. The highest BCUT2D eigenvalue weighted by molar-refractivity contribution is 6.17. The number of alkyl halides is 1. The van der Waals surface area contributed by atoms with Crippen LogP contribution in [0, 0.1) is 5.92 Å². The number of nitrogens with zero attached hydrogens (tertiary/aromatic N) is 1. The topological polar surface area (TPSA) is 33.5 Å². The van der Waals surface area contributed by atoms with E-state index in [1.165, 1.54) is 0 Å². The second-order valence-corrected chi connectivity index (χ2v) is 4.88. The predicted octanol–water partition coefficient (Wildman–Crippen LogP) is 2.93. The number of halogens is 1. The number of carbonyl (C=O) groups is 1. The Morgan fingerprint density at radius 1 is 1.59 bits per heavy atom. The van der Waals surface area contributed by atoms with Gasteiger partial charge in [-0.05, 0) is 30.9 Å². The van der Waals surface area contributed by atoms with Crippen LogP contribution < -0.4 is 0 Å². The van der Waals surface area contributed by atoms with Crippen LogP contribution in [0.4, 0.5) is 0 Å². The van der Waals surface area contributed by atoms with E-state index in [1.807, 2.05) is 17.9 Å². The Kier molecular flexibility index (Phi) is 4.11. The van der Waals surface area contributed by atoms with Crippen molar-refractivity contribution in [3.05, 3.63) is 23.7 Å². The van der Waals surface area contributed by atoms with Gasteiger partial charge in [-0.2, -0.15) is 0 Å². The van der Waals surface area contributed by atoms with Crippen molar-refractivity contribution >= 4 is 17.5 Å². The van der Waals surface area contributed by atoms with Gasteiger partial charge in [-0.15, -0.1) is 11.6 Å². The second kappa shape index (κ2) is 5.58. The SMILES string of the molecule is CCc1ccc(C(=O)N2CCC(CCCl)C2)o1. The van der Waals surface area contributed by atoms with Gasteiger partial charge in [-0.25, -0.2) is 0 Å². The molecule has 94 valence electrons. The van der Waals surface area contributed by atoms with E-state index >= 15 is 0 Å². The first-order chi connectivity index (χ1) is 8.24. The summed E-state index contributed by atoms with van der Waals surface area (Å²) in [5.74, 6) is 2.57. The van der Waals surface area contributed by atoms with Gasteiger partial charge in [-0.3, -0.25) is 4.79 Å². The van der Waals surface area contributed by atoms with Crippen molar-refractivity contribution in [1.82, 2.24) is 4.90 Å². The number of likely N-dealkylation sites (tertiary alicyclic amines) is 1. The summed E-state index contributed by atoms with van der Waals surface area (Å²) in [6, 6.07) is 3.65. The lowest BCUT2D eigenvalue weighted by atomic mass is 10.1. The Morgan fingerprint density at radius 2 is 2.41 bits per heavy atom. The molecule has 4 heteroatoms. The summed E-state index contributed by atoms with van der Waals surface area (Å²) in [7, 11) is 0. The molecular formula is C13H18ClNO2. The molecule has 1 aromatic rings. The molecule has 2 heterocycles. The average molecular weight is 256 g/mol. The third kappa shape index (κ3) is 2.83. The quantitative estimate of drug-likeness (QED) is 0.775. The maximum absolute atomic E-state index is 12.1. The smallest absolute Gasteiger partial charge is 0.289 e. The first-order valence-electron chi connectivity index (χ1n) is 6.18. The van der Waals surface area contributed by atoms with Gasteiger partial charge in [0.25, 0.3) is 5.91 Å². The monoisotopic (exact) mass is 255 g/mol. The van der Waals surface area contributed by atoms with E-state index in [0.29, 0.717) is 17.6 Å². The fraction of sp³-hybridized carbons (Fsp3) is 0.615. The fourth-order valence-corrected chi connectivity index (χ4v) is 2.55. The van der Waals surface area contributed by atoms with Crippen LogP contribution >= 0.6 is 11.6 Å². The minimum absolute atomic E-state index is 0.0155. The first kappa shape index (κ1) is 12.5. The van der Waals surface area contributed by atoms with Crippen molar-refractivity contribution in [1.29, 1.82) is 0 Å². The molecule has 1 aliphatic rings. The van der Waals surface area contributed by atoms with Crippen molar-refractivity contribution in [2.45, 2.75) is 26.2 Å². The minimum atomic E-state index is 0.0155. The average Bonchev–Trinajstić information content (AvgIpc) is 2.97. The molecule has 3 nitrogen and oxygen atoms in total. The number of hydrogen-bond donors (Lipinski definition) is 0. The highest BCUT2D eigenvalue weighted by atomic mass is 35.5. The molecule has 2 rings (SSSR count). The molecule has 1 atom stereocenters. The van der Waals surface area contributed by atoms with E-state index in [9.17, 15) is 4.79 Å². The van der Waals surface area contributed by atoms with Gasteiger partial charge >= 0.3 is 0 Å². The van der Waals surface area contributed by atoms with Crippen LogP contribution in [-0.4, -0.2) is 29.8 Å². The van der Waals surface area contributed by atoms with E-state index in [4.69, 9.17) is 16.0 Å². The van der Waals surface area contributed by atoms with Gasteiger partial charge in [0.2, 0.25) is 0 Å². The van der Waals surface area contributed by atoms with Crippen LogP contribution in [0.3, 0.4) is 0 Å². The number of amides is 1. The number of furan rings is 1. The van der Waals surface area contributed by atoms with Crippen LogP contribution in [0.1, 0.15) is 36.1 Å². The molecule has 1 aliphatic heterocycles. The Balaban J connectivity index is 1.96. The molecule has 1 fully saturated rings. The Morgan fingerprint density at radius 3 is 3.06 bits per heavy atom. The summed E-state index contributed by atoms with van der Waals surface area (Å²) in [6.45, 7) is 3.65. The zero-order valence-electron chi connectivity index (χ0n) is 10.1. The molecular weight excluding hydrogens is 238 g/mol. The molecule has 0 spiro atoms. The van der Waals surface area contributed by atoms with Crippen LogP contribution in [0.25, 0.3) is 0 Å². The Hall–Kier alpha value is -0.960. The molecule has 0 bridgehead atoms. The van der Waals surface area contributed by atoms with Gasteiger partial charge in [0.1, 0.15) is 5.76 Å². The molecule has 1 saturated heterocycles. The zero-order valence-corrected chi connectivity index (χ0v) is 10.9. The van der Waals surface area contributed by atoms with Crippen molar-refractivity contribution in [2.24, 2.45) is 5.92 Å². The third-order valence-corrected chi connectivity index (χ3v) is 3.53. The lowest BCUT2D eigenvalue weighted by molar-refractivity contribution is 0.0753. The van der Waals surface area contributed by atoms with E-state index < -0.39 is 0 Å². The number of carbonyl (C=O) groups excluding carboxylic acids is 1. The zero-order chi connectivity index (χ0) is 12.3. The van der Waals surface area contributed by atoms with Gasteiger partial charge in [-0.1, -0.05) is 6.92 Å². The molecule has 17 heavy (non-hydrogen) atoms. The lowest BCUT2D eigenvalue weighted by Gasteiger charge is -2.14. The number of aryl methyl sites for hydroxylation is 1. The van der Waals surface area contributed by atoms with Gasteiger partial charge < -0.3 is 9.32 Å². The normalized spacial score (nSPS) is 19.9. The number of hydrogen-bond acceptors (Lipinski definition) is 2. The van der Waals surface area contributed by atoms with E-state index in [1.54, 1.807) is 6.07 Å². The highest BCUT2D eigenvalue weighted by Gasteiger charge is 2.27. The number of rotatable bonds is 4. The molecule has 0 N–H and O–H groups in total. The van der Waals surface area contributed by atoms with E-state index in [0.717, 1.165) is 38.1 Å². The van der Waals surface area contributed by atoms with Crippen LogP contribution in [0.2, 0.25) is 0 Å². The standard InChI is InChI=1S/C13H18ClNO2/c1-2-11-3-4-12(17-11)13(16)15-8-6-10(9-15)5-7-14/h3-4,10H,2,5-9H2,1H3.